The summed E-state index contributed by atoms with van der Waals surface area (Å²) in [5.74, 6) is 0.472. The van der Waals surface area contributed by atoms with Crippen LogP contribution in [-0.4, -0.2) is 17.0 Å². The van der Waals surface area contributed by atoms with Crippen LogP contribution in [0.15, 0.2) is 60.7 Å². The van der Waals surface area contributed by atoms with Crippen molar-refractivity contribution in [3.8, 4) is 5.75 Å². The number of halogens is 6. The molecule has 0 radical (unpaired) electrons. The van der Waals surface area contributed by atoms with Gasteiger partial charge < -0.3 is 15.8 Å². The Bertz CT molecular complexity index is 1260. The van der Waals surface area contributed by atoms with E-state index in [1.165, 1.54) is 19.2 Å². The number of hydrogen-bond acceptors (Lipinski definition) is 7. The van der Waals surface area contributed by atoms with Gasteiger partial charge in [-0.05, 0) is 36.4 Å². The van der Waals surface area contributed by atoms with Crippen LogP contribution in [0.25, 0.3) is 0 Å². The number of benzene rings is 3. The first kappa shape index (κ1) is 27.7. The Morgan fingerprint density at radius 1 is 0.806 bits per heavy atom. The van der Waals surface area contributed by atoms with E-state index in [1.807, 2.05) is 0 Å². The average molecular weight is 518 g/mol. The molecule has 3 N–H and O–H groups in total. The highest BCUT2D eigenvalue weighted by Gasteiger charge is 2.40. The van der Waals surface area contributed by atoms with Gasteiger partial charge in [0.1, 0.15) is 28.3 Å². The van der Waals surface area contributed by atoms with Crippen molar-refractivity contribution in [2.24, 2.45) is 0 Å². The Morgan fingerprint density at radius 3 is 1.78 bits per heavy atom. The largest absolute Gasteiger partial charge is 0.497 e. The summed E-state index contributed by atoms with van der Waals surface area (Å²) in [4.78, 5) is 19.2. The van der Waals surface area contributed by atoms with Gasteiger partial charge >= 0.3 is 23.7 Å². The number of anilines is 3. The van der Waals surface area contributed by atoms with E-state index < -0.39 is 50.4 Å². The predicted molar refractivity (Wildman–Crippen MR) is 117 cm³/mol. The van der Waals surface area contributed by atoms with E-state index in [1.54, 1.807) is 18.2 Å². The summed E-state index contributed by atoms with van der Waals surface area (Å²) in [7, 11) is 1.44. The first-order chi connectivity index (χ1) is 16.7. The predicted octanol–water partition coefficient (Wildman–Crippen LogP) is 6.56. The van der Waals surface area contributed by atoms with Crippen molar-refractivity contribution in [2.45, 2.75) is 12.4 Å². The van der Waals surface area contributed by atoms with Crippen molar-refractivity contribution < 1.29 is 40.9 Å². The number of ether oxygens (including phenoxy) is 1. The molecule has 15 heteroatoms. The topological polar surface area (TPSA) is 134 Å². The standard InChI is InChI=1S/C14H11F3N2O3.C7H5F3N2O2/c1-22-10-5-2-4-9(8-10)18-12-7-3-6-11(14(15,16)17)13(12)19(20)21;8-7(9,10)4-2-1-3-5(11)6(4)12(13)14/h2-8,18H,1H3;1-3H,11H2. The summed E-state index contributed by atoms with van der Waals surface area (Å²) < 4.78 is 80.4. The van der Waals surface area contributed by atoms with Gasteiger partial charge in [-0.1, -0.05) is 18.2 Å². The molecule has 0 saturated heterocycles. The molecule has 0 aliphatic carbocycles. The second-order valence-corrected chi connectivity index (χ2v) is 6.81. The van der Waals surface area contributed by atoms with Crippen molar-refractivity contribution >= 4 is 28.4 Å². The lowest BCUT2D eigenvalue weighted by Gasteiger charge is -2.12. The Hall–Kier alpha value is -4.56. The quantitative estimate of drug-likeness (QED) is 0.169. The van der Waals surface area contributed by atoms with E-state index in [-0.39, 0.29) is 5.69 Å². The number of nitrogens with two attached hydrogens (primary N) is 1. The second kappa shape index (κ2) is 10.8. The molecule has 0 bridgehead atoms. The van der Waals surface area contributed by atoms with Gasteiger partial charge in [0.2, 0.25) is 0 Å². The lowest BCUT2D eigenvalue weighted by atomic mass is 10.1. The van der Waals surface area contributed by atoms with Crippen molar-refractivity contribution in [1.82, 2.24) is 0 Å². The van der Waals surface area contributed by atoms with Crippen molar-refractivity contribution in [3.05, 3.63) is 92.0 Å². The van der Waals surface area contributed by atoms with Crippen LogP contribution in [0.1, 0.15) is 11.1 Å². The number of rotatable bonds is 5. The number of nitrogen functional groups attached to an aromatic ring is 1. The summed E-state index contributed by atoms with van der Waals surface area (Å²) in [5.41, 5.74) is -0.0288. The van der Waals surface area contributed by atoms with E-state index in [9.17, 15) is 46.6 Å². The number of nitrogens with zero attached hydrogens (tertiary/aromatic N) is 2. The maximum atomic E-state index is 12.9. The summed E-state index contributed by atoms with van der Waals surface area (Å²) in [5, 5.41) is 24.0. The molecular formula is C21H16F6N4O5. The summed E-state index contributed by atoms with van der Waals surface area (Å²) in [6.45, 7) is 0. The van der Waals surface area contributed by atoms with Crippen molar-refractivity contribution in [3.63, 3.8) is 0 Å². The zero-order valence-corrected chi connectivity index (χ0v) is 18.1. The first-order valence-corrected chi connectivity index (χ1v) is 9.52. The highest BCUT2D eigenvalue weighted by Crippen LogP contribution is 2.41. The Morgan fingerprint density at radius 2 is 1.31 bits per heavy atom. The lowest BCUT2D eigenvalue weighted by molar-refractivity contribution is -0.387. The molecule has 0 atom stereocenters. The molecule has 0 fully saturated rings. The van der Waals surface area contributed by atoms with Gasteiger partial charge in [-0.2, -0.15) is 26.3 Å². The van der Waals surface area contributed by atoms with Gasteiger partial charge in [0.15, 0.2) is 0 Å². The molecule has 0 unspecified atom stereocenters. The Kier molecular flexibility index (Phi) is 8.30. The minimum Gasteiger partial charge on any atom is -0.497 e. The van der Waals surface area contributed by atoms with Crippen LogP contribution >= 0.6 is 0 Å². The summed E-state index contributed by atoms with van der Waals surface area (Å²) in [6, 6.07) is 12.0. The molecule has 0 aliphatic heterocycles. The summed E-state index contributed by atoms with van der Waals surface area (Å²) in [6.07, 6.45) is -9.58. The number of nitro benzene ring substituents is 2. The second-order valence-electron chi connectivity index (χ2n) is 6.81. The number of methoxy groups -OCH3 is 1. The average Bonchev–Trinajstić information content (AvgIpc) is 2.77. The highest BCUT2D eigenvalue weighted by atomic mass is 19.4. The van der Waals surface area contributed by atoms with Crippen LogP contribution in [0, 0.1) is 20.2 Å². The third-order valence-corrected chi connectivity index (χ3v) is 4.43. The fourth-order valence-corrected chi connectivity index (χ4v) is 2.92. The van der Waals surface area contributed by atoms with Gasteiger partial charge in [0, 0.05) is 11.8 Å². The molecule has 3 aromatic carbocycles. The maximum absolute atomic E-state index is 12.9. The fourth-order valence-electron chi connectivity index (χ4n) is 2.92. The van der Waals surface area contributed by atoms with Gasteiger partial charge in [0.05, 0.1) is 17.0 Å². The first-order valence-electron chi connectivity index (χ1n) is 9.52. The lowest BCUT2D eigenvalue weighted by Crippen LogP contribution is -2.10. The molecule has 3 aromatic rings. The van der Waals surface area contributed by atoms with Gasteiger partial charge in [-0.25, -0.2) is 0 Å². The van der Waals surface area contributed by atoms with E-state index in [4.69, 9.17) is 10.5 Å². The van der Waals surface area contributed by atoms with Crippen LogP contribution in [0.2, 0.25) is 0 Å². The number of nitro groups is 2. The summed E-state index contributed by atoms with van der Waals surface area (Å²) >= 11 is 0. The third-order valence-electron chi connectivity index (χ3n) is 4.43. The zero-order chi connectivity index (χ0) is 27.3. The van der Waals surface area contributed by atoms with E-state index >= 15 is 0 Å². The van der Waals surface area contributed by atoms with Crippen molar-refractivity contribution in [2.75, 3.05) is 18.2 Å². The van der Waals surface area contributed by atoms with Crippen LogP contribution in [0.3, 0.4) is 0 Å². The normalized spacial score (nSPS) is 11.2. The van der Waals surface area contributed by atoms with Gasteiger partial charge in [-0.15, -0.1) is 0 Å². The number of hydrogen-bond donors (Lipinski definition) is 2. The van der Waals surface area contributed by atoms with E-state index in [0.29, 0.717) is 23.6 Å². The van der Waals surface area contributed by atoms with E-state index in [2.05, 4.69) is 5.32 Å². The number of nitrogens with one attached hydrogen (secondary N) is 1. The van der Waals surface area contributed by atoms with Crippen LogP contribution in [0.4, 0.5) is 54.8 Å². The SMILES string of the molecule is COc1cccc(Nc2cccc(C(F)(F)F)c2[N+](=O)[O-])c1.Nc1cccc(C(F)(F)F)c1[N+](=O)[O-]. The molecule has 0 heterocycles. The van der Waals surface area contributed by atoms with Gasteiger partial charge in [-0.3, -0.25) is 20.2 Å². The molecule has 0 aromatic heterocycles. The van der Waals surface area contributed by atoms with Gasteiger partial charge in [0.25, 0.3) is 0 Å². The number of para-hydroxylation sites is 2. The number of alkyl halides is 6. The monoisotopic (exact) mass is 518 g/mol. The Labute approximate surface area is 198 Å². The molecule has 0 amide bonds. The fraction of sp³-hybridized carbons (Fsp3) is 0.143. The minimum absolute atomic E-state index is 0.243. The molecular weight excluding hydrogens is 502 g/mol. The van der Waals surface area contributed by atoms with E-state index in [0.717, 1.165) is 18.2 Å². The third kappa shape index (κ3) is 6.74. The molecule has 0 aliphatic rings. The molecule has 9 nitrogen and oxygen atoms in total. The molecule has 3 rings (SSSR count). The minimum atomic E-state index is -4.81. The zero-order valence-electron chi connectivity index (χ0n) is 18.1. The van der Waals surface area contributed by atoms with Crippen LogP contribution < -0.4 is 15.8 Å². The smallest absolute Gasteiger partial charge is 0.423 e. The van der Waals surface area contributed by atoms with Crippen LogP contribution in [-0.2, 0) is 12.4 Å². The maximum Gasteiger partial charge on any atom is 0.423 e. The molecule has 0 spiro atoms. The molecule has 0 saturated carbocycles. The van der Waals surface area contributed by atoms with Crippen molar-refractivity contribution in [1.29, 1.82) is 0 Å². The Balaban J connectivity index is 0.000000281. The molecule has 36 heavy (non-hydrogen) atoms. The van der Waals surface area contributed by atoms with Crippen LogP contribution in [0.5, 0.6) is 5.75 Å². The molecule has 192 valence electrons. The highest BCUT2D eigenvalue weighted by molar-refractivity contribution is 5.72.